The van der Waals surface area contributed by atoms with Gasteiger partial charge in [0, 0.05) is 25.2 Å². The average molecular weight is 261 g/mol. The lowest BCUT2D eigenvalue weighted by Gasteiger charge is -2.10. The van der Waals surface area contributed by atoms with Gasteiger partial charge >= 0.3 is 0 Å². The van der Waals surface area contributed by atoms with Crippen molar-refractivity contribution in [3.8, 4) is 0 Å². The van der Waals surface area contributed by atoms with Crippen LogP contribution in [0.4, 0.5) is 5.95 Å². The van der Waals surface area contributed by atoms with Gasteiger partial charge < -0.3 is 10.6 Å². The van der Waals surface area contributed by atoms with E-state index in [1.807, 2.05) is 38.2 Å². The maximum atomic E-state index is 11.6. The molecule has 1 unspecified atom stereocenters. The molecule has 1 atom stereocenters. The van der Waals surface area contributed by atoms with E-state index >= 15 is 0 Å². The molecule has 0 fully saturated rings. The van der Waals surface area contributed by atoms with Gasteiger partial charge in [-0.1, -0.05) is 13.0 Å². The fourth-order valence-electron chi connectivity index (χ4n) is 1.64. The summed E-state index contributed by atoms with van der Waals surface area (Å²) < 4.78 is 1.70. The quantitative estimate of drug-likeness (QED) is 0.825. The highest BCUT2D eigenvalue weighted by atomic mass is 16.1. The zero-order valence-electron chi connectivity index (χ0n) is 11.3. The van der Waals surface area contributed by atoms with Crippen molar-refractivity contribution in [2.75, 3.05) is 11.9 Å². The number of carbonyl (C=O) groups excluding carboxylic acids is 1. The van der Waals surface area contributed by atoms with Crippen molar-refractivity contribution in [1.29, 1.82) is 0 Å². The third-order valence-electron chi connectivity index (χ3n) is 2.90. The molecule has 0 aliphatic heterocycles. The van der Waals surface area contributed by atoms with E-state index in [4.69, 9.17) is 0 Å². The lowest BCUT2D eigenvalue weighted by Crippen LogP contribution is -2.33. The summed E-state index contributed by atoms with van der Waals surface area (Å²) >= 11 is 0. The topological polar surface area (TPSA) is 71.3 Å². The normalized spacial score (nSPS) is 12.3. The number of hydrogen-bond acceptors (Lipinski definition) is 4. The Kier molecular flexibility index (Phi) is 4.33. The molecule has 0 radical (unpaired) electrons. The minimum atomic E-state index is 0.0469. The number of nitrogens with zero attached hydrogens (tertiary/aromatic N) is 3. The Balaban J connectivity index is 1.81. The Labute approximate surface area is 112 Å². The SMILES string of the molecule is CCC(C)NC(=O)CCNc1nc2ccccn2n1. The number of aromatic nitrogens is 3. The molecule has 0 aromatic carbocycles. The van der Waals surface area contributed by atoms with Crippen LogP contribution in [-0.4, -0.2) is 33.1 Å². The molecule has 0 spiro atoms. The van der Waals surface area contributed by atoms with E-state index in [0.717, 1.165) is 12.1 Å². The first kappa shape index (κ1) is 13.3. The van der Waals surface area contributed by atoms with Crippen LogP contribution in [0.3, 0.4) is 0 Å². The van der Waals surface area contributed by atoms with Gasteiger partial charge in [0.2, 0.25) is 11.9 Å². The third-order valence-corrected chi connectivity index (χ3v) is 2.90. The van der Waals surface area contributed by atoms with Crippen molar-refractivity contribution in [2.45, 2.75) is 32.7 Å². The van der Waals surface area contributed by atoms with Gasteiger partial charge in [0.05, 0.1) is 0 Å². The van der Waals surface area contributed by atoms with Crippen molar-refractivity contribution in [1.82, 2.24) is 19.9 Å². The van der Waals surface area contributed by atoms with Crippen molar-refractivity contribution >= 4 is 17.5 Å². The molecule has 6 nitrogen and oxygen atoms in total. The highest BCUT2D eigenvalue weighted by Gasteiger charge is 2.06. The molecule has 0 aliphatic carbocycles. The predicted octanol–water partition coefficient (Wildman–Crippen LogP) is 1.45. The van der Waals surface area contributed by atoms with E-state index in [0.29, 0.717) is 18.9 Å². The molecule has 2 N–H and O–H groups in total. The van der Waals surface area contributed by atoms with Crippen molar-refractivity contribution in [2.24, 2.45) is 0 Å². The minimum absolute atomic E-state index is 0.0469. The van der Waals surface area contributed by atoms with Crippen LogP contribution in [0.15, 0.2) is 24.4 Å². The highest BCUT2D eigenvalue weighted by molar-refractivity contribution is 5.76. The maximum absolute atomic E-state index is 11.6. The molecule has 0 saturated carbocycles. The number of nitrogens with one attached hydrogen (secondary N) is 2. The molecule has 1 amide bonds. The standard InChI is InChI=1S/C13H19N5O/c1-3-10(2)15-12(19)7-8-14-13-16-11-6-4-5-9-18(11)17-13/h4-6,9-10H,3,7-8H2,1-2H3,(H,14,17)(H,15,19). The van der Waals surface area contributed by atoms with Crippen LogP contribution in [-0.2, 0) is 4.79 Å². The number of carbonyl (C=O) groups is 1. The van der Waals surface area contributed by atoms with Gasteiger partial charge in [-0.05, 0) is 25.5 Å². The van der Waals surface area contributed by atoms with Crippen LogP contribution in [0, 0.1) is 0 Å². The molecule has 0 saturated heterocycles. The molecule has 2 heterocycles. The van der Waals surface area contributed by atoms with Gasteiger partial charge in [0.15, 0.2) is 5.65 Å². The van der Waals surface area contributed by atoms with Gasteiger partial charge in [-0.25, -0.2) is 4.52 Å². The van der Waals surface area contributed by atoms with E-state index in [-0.39, 0.29) is 11.9 Å². The first-order valence-corrected chi connectivity index (χ1v) is 6.53. The van der Waals surface area contributed by atoms with E-state index in [2.05, 4.69) is 20.7 Å². The minimum Gasteiger partial charge on any atom is -0.354 e. The van der Waals surface area contributed by atoms with Crippen LogP contribution >= 0.6 is 0 Å². The van der Waals surface area contributed by atoms with Gasteiger partial charge in [0.25, 0.3) is 0 Å². The van der Waals surface area contributed by atoms with Crippen LogP contribution in [0.5, 0.6) is 0 Å². The molecule has 102 valence electrons. The number of amides is 1. The van der Waals surface area contributed by atoms with Gasteiger partial charge in [-0.15, -0.1) is 5.10 Å². The molecular formula is C13H19N5O. The predicted molar refractivity (Wildman–Crippen MR) is 74.0 cm³/mol. The fourth-order valence-corrected chi connectivity index (χ4v) is 1.64. The van der Waals surface area contributed by atoms with E-state index in [1.54, 1.807) is 4.52 Å². The zero-order valence-corrected chi connectivity index (χ0v) is 11.3. The van der Waals surface area contributed by atoms with E-state index in [9.17, 15) is 4.79 Å². The monoisotopic (exact) mass is 261 g/mol. The molecule has 6 heteroatoms. The fraction of sp³-hybridized carbons (Fsp3) is 0.462. The third kappa shape index (κ3) is 3.67. The van der Waals surface area contributed by atoms with E-state index < -0.39 is 0 Å². The zero-order chi connectivity index (χ0) is 13.7. The maximum Gasteiger partial charge on any atom is 0.243 e. The Morgan fingerprint density at radius 1 is 1.47 bits per heavy atom. The Bertz CT molecular complexity index is 518. The second-order valence-corrected chi connectivity index (χ2v) is 4.49. The number of hydrogen-bond donors (Lipinski definition) is 2. The summed E-state index contributed by atoms with van der Waals surface area (Å²) in [4.78, 5) is 15.9. The lowest BCUT2D eigenvalue weighted by atomic mass is 10.2. The number of pyridine rings is 1. The number of anilines is 1. The second-order valence-electron chi connectivity index (χ2n) is 4.49. The summed E-state index contributed by atoms with van der Waals surface area (Å²) in [5.41, 5.74) is 0.786. The van der Waals surface area contributed by atoms with Crippen molar-refractivity contribution < 1.29 is 4.79 Å². The highest BCUT2D eigenvalue weighted by Crippen LogP contribution is 2.04. The molecule has 2 rings (SSSR count). The largest absolute Gasteiger partial charge is 0.354 e. The average Bonchev–Trinajstić information content (AvgIpc) is 2.81. The second kappa shape index (κ2) is 6.17. The molecule has 0 aliphatic rings. The first-order chi connectivity index (χ1) is 9.19. The Morgan fingerprint density at radius 2 is 2.32 bits per heavy atom. The van der Waals surface area contributed by atoms with E-state index in [1.165, 1.54) is 0 Å². The van der Waals surface area contributed by atoms with Crippen LogP contribution in [0.2, 0.25) is 0 Å². The van der Waals surface area contributed by atoms with Gasteiger partial charge in [-0.3, -0.25) is 4.79 Å². The van der Waals surface area contributed by atoms with Crippen LogP contribution < -0.4 is 10.6 Å². The van der Waals surface area contributed by atoms with Crippen molar-refractivity contribution in [3.05, 3.63) is 24.4 Å². The molecular weight excluding hydrogens is 242 g/mol. The molecule has 19 heavy (non-hydrogen) atoms. The summed E-state index contributed by atoms with van der Waals surface area (Å²) in [6.45, 7) is 4.57. The summed E-state index contributed by atoms with van der Waals surface area (Å²) in [6.07, 6.45) is 3.19. The van der Waals surface area contributed by atoms with Crippen LogP contribution in [0.25, 0.3) is 5.65 Å². The lowest BCUT2D eigenvalue weighted by molar-refractivity contribution is -0.121. The summed E-state index contributed by atoms with van der Waals surface area (Å²) in [7, 11) is 0. The number of rotatable bonds is 6. The van der Waals surface area contributed by atoms with Gasteiger partial charge in [0.1, 0.15) is 0 Å². The van der Waals surface area contributed by atoms with Gasteiger partial charge in [-0.2, -0.15) is 4.98 Å². The molecule has 0 bridgehead atoms. The van der Waals surface area contributed by atoms with Crippen LogP contribution in [0.1, 0.15) is 26.7 Å². The molecule has 2 aromatic heterocycles. The Hall–Kier alpha value is -2.11. The summed E-state index contributed by atoms with van der Waals surface area (Å²) in [6, 6.07) is 5.91. The first-order valence-electron chi connectivity index (χ1n) is 6.53. The molecule has 2 aromatic rings. The number of fused-ring (bicyclic) bond motifs is 1. The summed E-state index contributed by atoms with van der Waals surface area (Å²) in [5, 5.41) is 10.2. The summed E-state index contributed by atoms with van der Waals surface area (Å²) in [5.74, 6) is 0.591. The smallest absolute Gasteiger partial charge is 0.243 e. The van der Waals surface area contributed by atoms with Crippen molar-refractivity contribution in [3.63, 3.8) is 0 Å². The Morgan fingerprint density at radius 3 is 3.05 bits per heavy atom.